The van der Waals surface area contributed by atoms with E-state index >= 15 is 0 Å². The Morgan fingerprint density at radius 3 is 2.70 bits per heavy atom. The van der Waals surface area contributed by atoms with Gasteiger partial charge in [0.1, 0.15) is 0 Å². The SMILES string of the molecule is C[C@H]1C(=O)N2CCCc3cc(S(=O)(=O)NCCc4ccc(Cl)cc4)cc1c32. The summed E-state index contributed by atoms with van der Waals surface area (Å²) < 4.78 is 28.3. The Kier molecular flexibility index (Phi) is 4.74. The molecule has 0 fully saturated rings. The first kappa shape index (κ1) is 18.5. The van der Waals surface area contributed by atoms with Crippen LogP contribution in [-0.2, 0) is 27.7 Å². The van der Waals surface area contributed by atoms with Gasteiger partial charge in [0.25, 0.3) is 0 Å². The van der Waals surface area contributed by atoms with Gasteiger partial charge in [-0.25, -0.2) is 13.1 Å². The number of hydrogen-bond acceptors (Lipinski definition) is 3. The van der Waals surface area contributed by atoms with Gasteiger partial charge in [-0.15, -0.1) is 0 Å². The standard InChI is InChI=1S/C20H21ClN2O3S/c1-13-18-12-17(11-15-3-2-10-23(19(15)18)20(13)24)27(25,26)22-9-8-14-4-6-16(21)7-5-14/h4-7,11-13,22H,2-3,8-10H2,1H3/t13-/m1/s1. The van der Waals surface area contributed by atoms with Gasteiger partial charge in [-0.3, -0.25) is 4.79 Å². The number of amides is 1. The van der Waals surface area contributed by atoms with E-state index in [2.05, 4.69) is 4.72 Å². The van der Waals surface area contributed by atoms with Crippen molar-refractivity contribution in [3.05, 3.63) is 58.1 Å². The fraction of sp³-hybridized carbons (Fsp3) is 0.350. The third-order valence-corrected chi connectivity index (χ3v) is 7.01. The molecule has 0 aliphatic carbocycles. The Morgan fingerprint density at radius 2 is 1.96 bits per heavy atom. The van der Waals surface area contributed by atoms with E-state index in [0.29, 0.717) is 24.5 Å². The van der Waals surface area contributed by atoms with E-state index in [1.807, 2.05) is 24.0 Å². The highest BCUT2D eigenvalue weighted by molar-refractivity contribution is 7.89. The molecule has 1 atom stereocenters. The van der Waals surface area contributed by atoms with Crippen molar-refractivity contribution in [2.45, 2.75) is 37.0 Å². The quantitative estimate of drug-likeness (QED) is 0.831. The zero-order valence-corrected chi connectivity index (χ0v) is 16.6. The third-order valence-electron chi connectivity index (χ3n) is 5.32. The number of aryl methyl sites for hydroxylation is 1. The predicted molar refractivity (Wildman–Crippen MR) is 106 cm³/mol. The van der Waals surface area contributed by atoms with E-state index < -0.39 is 10.0 Å². The Bertz CT molecular complexity index is 1000. The number of carbonyl (C=O) groups excluding carboxylic acids is 1. The van der Waals surface area contributed by atoms with Crippen LogP contribution < -0.4 is 9.62 Å². The summed E-state index contributed by atoms with van der Waals surface area (Å²) in [5.74, 6) is -0.225. The minimum absolute atomic E-state index is 0.0659. The average Bonchev–Trinajstić information content (AvgIpc) is 2.90. The summed E-state index contributed by atoms with van der Waals surface area (Å²) in [6, 6.07) is 10.7. The van der Waals surface area contributed by atoms with E-state index in [0.717, 1.165) is 35.2 Å². The monoisotopic (exact) mass is 404 g/mol. The molecular formula is C20H21ClN2O3S. The maximum absolute atomic E-state index is 12.8. The van der Waals surface area contributed by atoms with Crippen LogP contribution in [0, 0.1) is 0 Å². The summed E-state index contributed by atoms with van der Waals surface area (Å²) in [6.07, 6.45) is 2.24. The number of halogens is 1. The number of benzene rings is 2. The highest BCUT2D eigenvalue weighted by atomic mass is 35.5. The van der Waals surface area contributed by atoms with E-state index in [4.69, 9.17) is 11.6 Å². The van der Waals surface area contributed by atoms with Crippen molar-refractivity contribution in [1.29, 1.82) is 0 Å². The molecule has 7 heteroatoms. The van der Waals surface area contributed by atoms with Gasteiger partial charge in [0.15, 0.2) is 0 Å². The molecule has 0 radical (unpaired) electrons. The Labute approximate surface area is 164 Å². The molecule has 0 bridgehead atoms. The Morgan fingerprint density at radius 1 is 1.22 bits per heavy atom. The van der Waals surface area contributed by atoms with Crippen molar-refractivity contribution < 1.29 is 13.2 Å². The summed E-state index contributed by atoms with van der Waals surface area (Å²) in [4.78, 5) is 14.5. The largest absolute Gasteiger partial charge is 0.311 e. The number of carbonyl (C=O) groups is 1. The van der Waals surface area contributed by atoms with Crippen LogP contribution in [0.3, 0.4) is 0 Å². The molecule has 2 aliphatic heterocycles. The fourth-order valence-electron chi connectivity index (χ4n) is 3.88. The average molecular weight is 405 g/mol. The summed E-state index contributed by atoms with van der Waals surface area (Å²) in [6.45, 7) is 2.87. The maximum atomic E-state index is 12.8. The van der Waals surface area contributed by atoms with Gasteiger partial charge in [-0.05, 0) is 67.1 Å². The van der Waals surface area contributed by atoms with Crippen LogP contribution in [0.1, 0.15) is 36.0 Å². The van der Waals surface area contributed by atoms with Crippen molar-refractivity contribution in [2.24, 2.45) is 0 Å². The normalized spacial score (nSPS) is 18.7. The molecule has 27 heavy (non-hydrogen) atoms. The minimum atomic E-state index is -3.63. The molecule has 0 saturated carbocycles. The first-order chi connectivity index (χ1) is 12.9. The number of nitrogens with zero attached hydrogens (tertiary/aromatic N) is 1. The maximum Gasteiger partial charge on any atom is 0.240 e. The zero-order valence-electron chi connectivity index (χ0n) is 15.0. The van der Waals surface area contributed by atoms with Crippen LogP contribution >= 0.6 is 11.6 Å². The molecule has 0 unspecified atom stereocenters. The summed E-state index contributed by atoms with van der Waals surface area (Å²) >= 11 is 5.87. The van der Waals surface area contributed by atoms with Gasteiger partial charge >= 0.3 is 0 Å². The molecule has 0 saturated heterocycles. The molecule has 2 heterocycles. The van der Waals surface area contributed by atoms with Gasteiger partial charge in [0.05, 0.1) is 16.5 Å². The minimum Gasteiger partial charge on any atom is -0.311 e. The molecule has 142 valence electrons. The van der Waals surface area contributed by atoms with Crippen molar-refractivity contribution in [3.63, 3.8) is 0 Å². The van der Waals surface area contributed by atoms with Crippen molar-refractivity contribution in [3.8, 4) is 0 Å². The smallest absolute Gasteiger partial charge is 0.240 e. The van der Waals surface area contributed by atoms with Crippen LogP contribution in [0.15, 0.2) is 41.3 Å². The van der Waals surface area contributed by atoms with Gasteiger partial charge in [-0.2, -0.15) is 0 Å². The van der Waals surface area contributed by atoms with E-state index in [1.54, 1.807) is 24.3 Å². The summed E-state index contributed by atoms with van der Waals surface area (Å²) in [7, 11) is -3.63. The van der Waals surface area contributed by atoms with E-state index in [-0.39, 0.29) is 16.7 Å². The molecule has 2 aromatic rings. The Balaban J connectivity index is 1.56. The predicted octanol–water partition coefficient (Wildman–Crippen LogP) is 3.26. The van der Waals surface area contributed by atoms with Crippen molar-refractivity contribution in [1.82, 2.24) is 4.72 Å². The summed E-state index contributed by atoms with van der Waals surface area (Å²) in [5.41, 5.74) is 3.73. The molecule has 0 aromatic heterocycles. The van der Waals surface area contributed by atoms with E-state index in [9.17, 15) is 13.2 Å². The third kappa shape index (κ3) is 3.37. The molecule has 1 N–H and O–H groups in total. The fourth-order valence-corrected chi connectivity index (χ4v) is 5.13. The lowest BCUT2D eigenvalue weighted by atomic mass is 9.97. The molecule has 5 nitrogen and oxygen atoms in total. The number of rotatable bonds is 5. The molecular weight excluding hydrogens is 384 g/mol. The van der Waals surface area contributed by atoms with Crippen molar-refractivity contribution >= 4 is 33.2 Å². The van der Waals surface area contributed by atoms with Gasteiger partial charge in [0.2, 0.25) is 15.9 Å². The Hall–Kier alpha value is -1.89. The topological polar surface area (TPSA) is 66.5 Å². The number of sulfonamides is 1. The van der Waals surface area contributed by atoms with Gasteiger partial charge < -0.3 is 4.90 Å². The van der Waals surface area contributed by atoms with Crippen LogP contribution in [0.4, 0.5) is 5.69 Å². The van der Waals surface area contributed by atoms with Crippen LogP contribution in [0.5, 0.6) is 0 Å². The molecule has 2 aromatic carbocycles. The second kappa shape index (κ2) is 6.93. The molecule has 0 spiro atoms. The van der Waals surface area contributed by atoms with Gasteiger partial charge in [-0.1, -0.05) is 23.7 Å². The molecule has 4 rings (SSSR count). The second-order valence-electron chi connectivity index (χ2n) is 7.11. The molecule has 1 amide bonds. The molecule has 2 aliphatic rings. The van der Waals surface area contributed by atoms with Crippen molar-refractivity contribution in [2.75, 3.05) is 18.0 Å². The number of hydrogen-bond donors (Lipinski definition) is 1. The summed E-state index contributed by atoms with van der Waals surface area (Å²) in [5, 5.41) is 0.657. The van der Waals surface area contributed by atoms with Gasteiger partial charge in [0, 0.05) is 18.1 Å². The van der Waals surface area contributed by atoms with Crippen LogP contribution in [0.25, 0.3) is 0 Å². The highest BCUT2D eigenvalue weighted by Gasteiger charge is 2.38. The number of nitrogens with one attached hydrogen (secondary N) is 1. The second-order valence-corrected chi connectivity index (χ2v) is 9.31. The lowest BCUT2D eigenvalue weighted by Gasteiger charge is -2.26. The lowest BCUT2D eigenvalue weighted by molar-refractivity contribution is -0.119. The van der Waals surface area contributed by atoms with Crippen LogP contribution in [-0.4, -0.2) is 27.4 Å². The lowest BCUT2D eigenvalue weighted by Crippen LogP contribution is -2.32. The van der Waals surface area contributed by atoms with Crippen LogP contribution in [0.2, 0.25) is 5.02 Å². The number of anilines is 1. The first-order valence-corrected chi connectivity index (χ1v) is 11.0. The van der Waals surface area contributed by atoms with E-state index in [1.165, 1.54) is 0 Å². The zero-order chi connectivity index (χ0) is 19.2. The highest BCUT2D eigenvalue weighted by Crippen LogP contribution is 2.43. The first-order valence-electron chi connectivity index (χ1n) is 9.09.